The fraction of sp³-hybridized carbons (Fsp3) is 0.0769. The molecule has 2 N–H and O–H groups in total. The number of nitrogens with one attached hydrogen (secondary N) is 1. The average Bonchev–Trinajstić information content (AvgIpc) is 2.91. The number of rotatable bonds is 3. The molecule has 0 unspecified atom stereocenters. The standard InChI is InChI=1S/C13H11N5O2/c19-13(17-20)10-3-1-9(2-4-10)6-18-8-16-12-11(18)5-14-7-15-12/h1-5,7-8,20H,6H2,(H,17,19). The van der Waals surface area contributed by atoms with Gasteiger partial charge < -0.3 is 4.57 Å². The molecule has 0 aliphatic rings. The summed E-state index contributed by atoms with van der Waals surface area (Å²) >= 11 is 0. The lowest BCUT2D eigenvalue weighted by Crippen LogP contribution is -2.18. The molecule has 2 aromatic heterocycles. The molecule has 0 atom stereocenters. The van der Waals surface area contributed by atoms with E-state index < -0.39 is 5.91 Å². The highest BCUT2D eigenvalue weighted by Crippen LogP contribution is 2.12. The molecule has 0 radical (unpaired) electrons. The molecule has 0 aliphatic heterocycles. The Morgan fingerprint density at radius 1 is 1.25 bits per heavy atom. The first-order chi connectivity index (χ1) is 9.78. The summed E-state index contributed by atoms with van der Waals surface area (Å²) in [6, 6.07) is 6.94. The van der Waals surface area contributed by atoms with Crippen molar-refractivity contribution < 1.29 is 10.0 Å². The number of benzene rings is 1. The van der Waals surface area contributed by atoms with Crippen molar-refractivity contribution in [1.82, 2.24) is 25.0 Å². The molecule has 3 rings (SSSR count). The van der Waals surface area contributed by atoms with E-state index in [0.29, 0.717) is 17.8 Å². The number of aromatic nitrogens is 4. The maximum Gasteiger partial charge on any atom is 0.274 e. The first-order valence-corrected chi connectivity index (χ1v) is 5.92. The second kappa shape index (κ2) is 5.06. The highest BCUT2D eigenvalue weighted by Gasteiger charge is 2.06. The summed E-state index contributed by atoms with van der Waals surface area (Å²) < 4.78 is 1.93. The zero-order valence-corrected chi connectivity index (χ0v) is 10.4. The van der Waals surface area contributed by atoms with Gasteiger partial charge in [-0.2, -0.15) is 0 Å². The molecule has 0 bridgehead atoms. The Balaban J connectivity index is 1.86. The predicted molar refractivity (Wildman–Crippen MR) is 70.1 cm³/mol. The van der Waals surface area contributed by atoms with Crippen LogP contribution in [0.25, 0.3) is 11.2 Å². The lowest BCUT2D eigenvalue weighted by molar-refractivity contribution is 0.0706. The molecule has 0 aliphatic carbocycles. The first kappa shape index (κ1) is 12.2. The zero-order valence-electron chi connectivity index (χ0n) is 10.4. The van der Waals surface area contributed by atoms with E-state index >= 15 is 0 Å². The minimum absolute atomic E-state index is 0.398. The monoisotopic (exact) mass is 269 g/mol. The van der Waals surface area contributed by atoms with Gasteiger partial charge in [0.25, 0.3) is 5.91 Å². The number of hydroxylamine groups is 1. The van der Waals surface area contributed by atoms with Crippen LogP contribution in [0.2, 0.25) is 0 Å². The van der Waals surface area contributed by atoms with Crippen LogP contribution in [0.3, 0.4) is 0 Å². The molecule has 0 spiro atoms. The fourth-order valence-corrected chi connectivity index (χ4v) is 1.95. The highest BCUT2D eigenvalue weighted by molar-refractivity contribution is 5.93. The molecular formula is C13H11N5O2. The second-order valence-electron chi connectivity index (χ2n) is 4.24. The quantitative estimate of drug-likeness (QED) is 0.546. The van der Waals surface area contributed by atoms with Crippen molar-refractivity contribution in [3.8, 4) is 0 Å². The number of imidazole rings is 1. The summed E-state index contributed by atoms with van der Waals surface area (Å²) in [5.41, 5.74) is 4.50. The van der Waals surface area contributed by atoms with Crippen LogP contribution < -0.4 is 5.48 Å². The zero-order chi connectivity index (χ0) is 13.9. The Kier molecular flexibility index (Phi) is 3.10. The molecule has 3 aromatic rings. The molecule has 1 amide bonds. The Labute approximate surface area is 113 Å². The van der Waals surface area contributed by atoms with E-state index in [4.69, 9.17) is 5.21 Å². The van der Waals surface area contributed by atoms with Crippen molar-refractivity contribution in [2.24, 2.45) is 0 Å². The van der Waals surface area contributed by atoms with Crippen LogP contribution in [0.5, 0.6) is 0 Å². The van der Waals surface area contributed by atoms with Crippen LogP contribution in [0.15, 0.2) is 43.1 Å². The molecule has 100 valence electrons. The summed E-state index contributed by atoms with van der Waals surface area (Å²) in [7, 11) is 0. The van der Waals surface area contributed by atoms with Crippen LogP contribution in [0.4, 0.5) is 0 Å². The summed E-state index contributed by atoms with van der Waals surface area (Å²) in [5.74, 6) is -0.530. The van der Waals surface area contributed by atoms with Gasteiger partial charge in [0.05, 0.1) is 12.5 Å². The maximum absolute atomic E-state index is 11.2. The number of hydrogen-bond acceptors (Lipinski definition) is 5. The maximum atomic E-state index is 11.2. The number of fused-ring (bicyclic) bond motifs is 1. The Bertz CT molecular complexity index is 751. The first-order valence-electron chi connectivity index (χ1n) is 5.92. The van der Waals surface area contributed by atoms with Gasteiger partial charge in [-0.1, -0.05) is 12.1 Å². The molecule has 2 heterocycles. The van der Waals surface area contributed by atoms with E-state index in [1.54, 1.807) is 30.1 Å². The molecule has 20 heavy (non-hydrogen) atoms. The third-order valence-electron chi connectivity index (χ3n) is 2.97. The van der Waals surface area contributed by atoms with E-state index in [1.165, 1.54) is 6.33 Å². The number of carbonyl (C=O) groups is 1. The van der Waals surface area contributed by atoms with Crippen LogP contribution in [-0.4, -0.2) is 30.6 Å². The topological polar surface area (TPSA) is 92.9 Å². The Hall–Kier alpha value is -2.80. The summed E-state index contributed by atoms with van der Waals surface area (Å²) in [6.07, 6.45) is 4.87. The molecule has 0 saturated heterocycles. The van der Waals surface area contributed by atoms with E-state index in [-0.39, 0.29) is 0 Å². The van der Waals surface area contributed by atoms with E-state index in [1.807, 2.05) is 16.7 Å². The van der Waals surface area contributed by atoms with Gasteiger partial charge in [-0.05, 0) is 17.7 Å². The number of hydrogen-bond donors (Lipinski definition) is 2. The van der Waals surface area contributed by atoms with Crippen molar-refractivity contribution in [1.29, 1.82) is 0 Å². The number of nitrogens with zero attached hydrogens (tertiary/aromatic N) is 4. The van der Waals surface area contributed by atoms with Crippen molar-refractivity contribution >= 4 is 17.1 Å². The van der Waals surface area contributed by atoms with E-state index in [2.05, 4.69) is 15.0 Å². The lowest BCUT2D eigenvalue weighted by atomic mass is 10.1. The summed E-state index contributed by atoms with van der Waals surface area (Å²) in [6.45, 7) is 0.602. The van der Waals surface area contributed by atoms with Crippen molar-refractivity contribution in [3.63, 3.8) is 0 Å². The summed E-state index contributed by atoms with van der Waals surface area (Å²) in [4.78, 5) is 23.5. The predicted octanol–water partition coefficient (Wildman–Crippen LogP) is 0.994. The molecule has 7 heteroatoms. The summed E-state index contributed by atoms with van der Waals surface area (Å²) in [5, 5.41) is 8.56. The van der Waals surface area contributed by atoms with Gasteiger partial charge in [-0.15, -0.1) is 0 Å². The molecular weight excluding hydrogens is 258 g/mol. The molecule has 0 saturated carbocycles. The van der Waals surface area contributed by atoms with Gasteiger partial charge in [0, 0.05) is 12.1 Å². The van der Waals surface area contributed by atoms with Crippen LogP contribution >= 0.6 is 0 Å². The van der Waals surface area contributed by atoms with Gasteiger partial charge in [-0.3, -0.25) is 10.0 Å². The van der Waals surface area contributed by atoms with E-state index in [9.17, 15) is 4.79 Å². The van der Waals surface area contributed by atoms with Crippen LogP contribution in [0, 0.1) is 0 Å². The van der Waals surface area contributed by atoms with Gasteiger partial charge in [0.1, 0.15) is 11.8 Å². The molecule has 7 nitrogen and oxygen atoms in total. The average molecular weight is 269 g/mol. The molecule has 0 fully saturated rings. The minimum atomic E-state index is -0.530. The normalized spacial score (nSPS) is 10.7. The third kappa shape index (κ3) is 2.21. The second-order valence-corrected chi connectivity index (χ2v) is 4.24. The van der Waals surface area contributed by atoms with E-state index in [0.717, 1.165) is 11.1 Å². The smallest absolute Gasteiger partial charge is 0.274 e. The number of amides is 1. The highest BCUT2D eigenvalue weighted by atomic mass is 16.5. The van der Waals surface area contributed by atoms with Gasteiger partial charge >= 0.3 is 0 Å². The van der Waals surface area contributed by atoms with Crippen molar-refractivity contribution in [3.05, 3.63) is 54.2 Å². The van der Waals surface area contributed by atoms with Gasteiger partial charge in [0.2, 0.25) is 0 Å². The number of carbonyl (C=O) groups excluding carboxylic acids is 1. The van der Waals surface area contributed by atoms with Gasteiger partial charge in [0.15, 0.2) is 5.65 Å². The SMILES string of the molecule is O=C(NO)c1ccc(Cn2cnc3ncncc32)cc1. The van der Waals surface area contributed by atoms with Crippen LogP contribution in [0.1, 0.15) is 15.9 Å². The minimum Gasteiger partial charge on any atom is -0.323 e. The lowest BCUT2D eigenvalue weighted by Gasteiger charge is -2.05. The van der Waals surface area contributed by atoms with Gasteiger partial charge in [-0.25, -0.2) is 20.4 Å². The fourth-order valence-electron chi connectivity index (χ4n) is 1.95. The third-order valence-corrected chi connectivity index (χ3v) is 2.97. The largest absolute Gasteiger partial charge is 0.323 e. The Morgan fingerprint density at radius 2 is 2.05 bits per heavy atom. The van der Waals surface area contributed by atoms with Crippen molar-refractivity contribution in [2.45, 2.75) is 6.54 Å². The van der Waals surface area contributed by atoms with Crippen molar-refractivity contribution in [2.75, 3.05) is 0 Å². The van der Waals surface area contributed by atoms with Crippen LogP contribution in [-0.2, 0) is 6.54 Å². The Morgan fingerprint density at radius 3 is 2.80 bits per heavy atom. The molecule has 1 aromatic carbocycles.